The Balaban J connectivity index is 4.07. The lowest BCUT2D eigenvalue weighted by atomic mass is 10.0. The average molecular weight is 828 g/mol. The summed E-state index contributed by atoms with van der Waals surface area (Å²) in [6, 6.07) is 0. The number of carbonyl (C=O) groups excluding carboxylic acids is 2. The van der Waals surface area contributed by atoms with Gasteiger partial charge in [0.25, 0.3) is 0 Å². The molecular weight excluding hydrogens is 737 g/mol. The maximum atomic E-state index is 12.6. The van der Waals surface area contributed by atoms with E-state index in [1.165, 1.54) is 148 Å². The van der Waals surface area contributed by atoms with Crippen LogP contribution in [-0.4, -0.2) is 49.3 Å². The van der Waals surface area contributed by atoms with Gasteiger partial charge in [-0.3, -0.25) is 18.6 Å². The van der Waals surface area contributed by atoms with Gasteiger partial charge in [-0.2, -0.15) is 0 Å². The number of hydrogen-bond acceptors (Lipinski definition) is 8. The molecule has 0 radical (unpaired) electrons. The molecule has 0 amide bonds. The molecule has 0 saturated carbocycles. The molecule has 9 nitrogen and oxygen atoms in total. The van der Waals surface area contributed by atoms with E-state index in [-0.39, 0.29) is 38.6 Å². The lowest BCUT2D eigenvalue weighted by Crippen LogP contribution is -2.29. The summed E-state index contributed by atoms with van der Waals surface area (Å²) in [6.07, 6.45) is 47.7. The van der Waals surface area contributed by atoms with Crippen molar-refractivity contribution in [2.24, 2.45) is 5.73 Å². The molecule has 0 aliphatic rings. The molecule has 0 spiro atoms. The maximum absolute atomic E-state index is 12.6. The minimum Gasteiger partial charge on any atom is -0.462 e. The first-order chi connectivity index (χ1) is 27.8. The first-order valence-electron chi connectivity index (χ1n) is 23.8. The predicted molar refractivity (Wildman–Crippen MR) is 238 cm³/mol. The summed E-state index contributed by atoms with van der Waals surface area (Å²) >= 11 is 0. The molecule has 10 heteroatoms. The summed E-state index contributed by atoms with van der Waals surface area (Å²) in [5.74, 6) is -0.822. The van der Waals surface area contributed by atoms with E-state index >= 15 is 0 Å². The topological polar surface area (TPSA) is 134 Å². The highest BCUT2D eigenvalue weighted by Crippen LogP contribution is 2.43. The van der Waals surface area contributed by atoms with Gasteiger partial charge in [-0.1, -0.05) is 199 Å². The molecule has 0 aliphatic heterocycles. The van der Waals surface area contributed by atoms with Crippen LogP contribution in [0, 0.1) is 0 Å². The first-order valence-corrected chi connectivity index (χ1v) is 25.3. The van der Waals surface area contributed by atoms with Crippen LogP contribution in [0.1, 0.15) is 232 Å². The molecule has 0 heterocycles. The summed E-state index contributed by atoms with van der Waals surface area (Å²) in [6.45, 7) is 3.74. The lowest BCUT2D eigenvalue weighted by Gasteiger charge is -2.19. The van der Waals surface area contributed by atoms with Crippen LogP contribution in [0.15, 0.2) is 24.3 Å². The number of carbonyl (C=O) groups is 2. The summed E-state index contributed by atoms with van der Waals surface area (Å²) in [4.78, 5) is 35.0. The average Bonchev–Trinajstić information content (AvgIpc) is 3.20. The molecule has 336 valence electrons. The van der Waals surface area contributed by atoms with Gasteiger partial charge in [0.1, 0.15) is 6.61 Å². The van der Waals surface area contributed by atoms with Gasteiger partial charge in [-0.25, -0.2) is 4.57 Å². The Morgan fingerprint density at radius 1 is 0.526 bits per heavy atom. The SMILES string of the molecule is CCCCCC=CCC=CCCCCCCCCCCCC(=O)O[C@H](COC(=O)CCCCCCCCCCCCCCCCCCC)COP(=O)(O)OCCN. The molecule has 0 rings (SSSR count). The van der Waals surface area contributed by atoms with Crippen LogP contribution in [-0.2, 0) is 32.7 Å². The van der Waals surface area contributed by atoms with Gasteiger partial charge in [0, 0.05) is 19.4 Å². The van der Waals surface area contributed by atoms with Crippen LogP contribution < -0.4 is 5.73 Å². The second kappa shape index (κ2) is 44.1. The Morgan fingerprint density at radius 3 is 1.37 bits per heavy atom. The molecule has 0 aromatic rings. The summed E-state index contributed by atoms with van der Waals surface area (Å²) in [5, 5.41) is 0. The monoisotopic (exact) mass is 828 g/mol. The second-order valence-electron chi connectivity index (χ2n) is 16.0. The number of hydrogen-bond donors (Lipinski definition) is 2. The highest BCUT2D eigenvalue weighted by atomic mass is 31.2. The molecule has 0 aliphatic carbocycles. The van der Waals surface area contributed by atoms with Crippen LogP contribution >= 0.6 is 7.82 Å². The van der Waals surface area contributed by atoms with Crippen molar-refractivity contribution in [1.29, 1.82) is 0 Å². The van der Waals surface area contributed by atoms with Gasteiger partial charge < -0.3 is 20.1 Å². The molecule has 0 fully saturated rings. The van der Waals surface area contributed by atoms with Crippen molar-refractivity contribution in [2.75, 3.05) is 26.4 Å². The third kappa shape index (κ3) is 43.9. The quantitative estimate of drug-likeness (QED) is 0.0266. The fourth-order valence-corrected chi connectivity index (χ4v) is 7.55. The standard InChI is InChI=1S/C47H90NO8P/c1-3-5-7-9-11-13-15-17-19-21-22-24-26-28-30-32-34-36-38-40-47(50)56-45(44-55-57(51,52)54-42-41-48)43-53-46(49)39-37-35-33-31-29-27-25-23-20-18-16-14-12-10-8-6-4-2/h11,13,17,19,45H,3-10,12,14-16,18,20-44,48H2,1-2H3,(H,51,52)/t45-/m1/s1. The van der Waals surface area contributed by atoms with Crippen LogP contribution in [0.4, 0.5) is 0 Å². The normalized spacial score (nSPS) is 13.4. The summed E-state index contributed by atoms with van der Waals surface area (Å²) in [5.41, 5.74) is 5.36. The van der Waals surface area contributed by atoms with Crippen molar-refractivity contribution in [3.05, 3.63) is 24.3 Å². The van der Waals surface area contributed by atoms with E-state index in [4.69, 9.17) is 24.3 Å². The third-order valence-corrected chi connectivity index (χ3v) is 11.3. The van der Waals surface area contributed by atoms with Gasteiger partial charge in [0.05, 0.1) is 13.2 Å². The van der Waals surface area contributed by atoms with Gasteiger partial charge in [0.15, 0.2) is 6.10 Å². The number of rotatable bonds is 45. The molecule has 0 saturated heterocycles. The number of nitrogens with two attached hydrogens (primary N) is 1. The fraction of sp³-hybridized carbons (Fsp3) is 0.872. The molecule has 1 unspecified atom stereocenters. The zero-order valence-electron chi connectivity index (χ0n) is 37.1. The number of phosphoric ester groups is 1. The predicted octanol–water partition coefficient (Wildman–Crippen LogP) is 13.9. The minimum absolute atomic E-state index is 0.0545. The highest BCUT2D eigenvalue weighted by Gasteiger charge is 2.26. The number of unbranched alkanes of at least 4 members (excludes halogenated alkanes) is 28. The summed E-state index contributed by atoms with van der Waals surface area (Å²) < 4.78 is 32.9. The zero-order valence-corrected chi connectivity index (χ0v) is 38.0. The lowest BCUT2D eigenvalue weighted by molar-refractivity contribution is -0.161. The number of phosphoric acid groups is 1. The molecular formula is C47H90NO8P. The molecule has 3 N–H and O–H groups in total. The van der Waals surface area contributed by atoms with Gasteiger partial charge in [-0.15, -0.1) is 0 Å². The van der Waals surface area contributed by atoms with Crippen molar-refractivity contribution in [1.82, 2.24) is 0 Å². The van der Waals surface area contributed by atoms with Crippen molar-refractivity contribution >= 4 is 19.8 Å². The first kappa shape index (κ1) is 55.5. The van der Waals surface area contributed by atoms with E-state index in [0.29, 0.717) is 6.42 Å². The number of esters is 2. The molecule has 2 atom stereocenters. The third-order valence-electron chi connectivity index (χ3n) is 10.3. The van der Waals surface area contributed by atoms with E-state index in [2.05, 4.69) is 38.2 Å². The fourth-order valence-electron chi connectivity index (χ4n) is 6.78. The van der Waals surface area contributed by atoms with Gasteiger partial charge in [0.2, 0.25) is 0 Å². The van der Waals surface area contributed by atoms with Crippen LogP contribution in [0.25, 0.3) is 0 Å². The van der Waals surface area contributed by atoms with Gasteiger partial charge >= 0.3 is 19.8 Å². The largest absolute Gasteiger partial charge is 0.472 e. The molecule has 0 bridgehead atoms. The van der Waals surface area contributed by atoms with Crippen molar-refractivity contribution < 1.29 is 37.6 Å². The Hall–Kier alpha value is -1.51. The Kier molecular flexibility index (Phi) is 42.9. The van der Waals surface area contributed by atoms with Crippen LogP contribution in [0.3, 0.4) is 0 Å². The van der Waals surface area contributed by atoms with Crippen molar-refractivity contribution in [3.8, 4) is 0 Å². The van der Waals surface area contributed by atoms with Crippen LogP contribution in [0.2, 0.25) is 0 Å². The smallest absolute Gasteiger partial charge is 0.462 e. The molecule has 0 aromatic heterocycles. The number of ether oxygens (including phenoxy) is 2. The minimum atomic E-state index is -4.38. The molecule has 0 aromatic carbocycles. The van der Waals surface area contributed by atoms with Gasteiger partial charge in [-0.05, 0) is 44.9 Å². The zero-order chi connectivity index (χ0) is 41.8. The Bertz CT molecular complexity index is 990. The van der Waals surface area contributed by atoms with Crippen molar-refractivity contribution in [2.45, 2.75) is 238 Å². The highest BCUT2D eigenvalue weighted by molar-refractivity contribution is 7.47. The van der Waals surface area contributed by atoms with E-state index in [1.807, 2.05) is 0 Å². The molecule has 57 heavy (non-hydrogen) atoms. The Labute approximate surface area is 351 Å². The van der Waals surface area contributed by atoms with Crippen molar-refractivity contribution in [3.63, 3.8) is 0 Å². The van der Waals surface area contributed by atoms with Crippen LogP contribution in [0.5, 0.6) is 0 Å². The second-order valence-corrected chi connectivity index (χ2v) is 17.4. The van der Waals surface area contributed by atoms with E-state index < -0.39 is 26.5 Å². The maximum Gasteiger partial charge on any atom is 0.472 e. The number of allylic oxidation sites excluding steroid dienone is 4. The summed E-state index contributed by atoms with van der Waals surface area (Å²) in [7, 11) is -4.38. The van der Waals surface area contributed by atoms with E-state index in [9.17, 15) is 19.0 Å². The van der Waals surface area contributed by atoms with E-state index in [0.717, 1.165) is 51.4 Å². The van der Waals surface area contributed by atoms with E-state index in [1.54, 1.807) is 0 Å². The Morgan fingerprint density at radius 2 is 0.912 bits per heavy atom.